The summed E-state index contributed by atoms with van der Waals surface area (Å²) in [6, 6.07) is 0.218. The van der Waals surface area contributed by atoms with Gasteiger partial charge in [0.2, 0.25) is 0 Å². The zero-order valence-electron chi connectivity index (χ0n) is 9.20. The maximum atomic E-state index is 5.52. The van der Waals surface area contributed by atoms with E-state index >= 15 is 0 Å². The van der Waals surface area contributed by atoms with Crippen molar-refractivity contribution in [3.8, 4) is 0 Å². The van der Waals surface area contributed by atoms with E-state index in [1.165, 1.54) is 5.56 Å². The molecule has 0 bridgehead atoms. The minimum absolute atomic E-state index is 0.218. The molecule has 3 N–H and O–H groups in total. The molecule has 1 aromatic heterocycles. The van der Waals surface area contributed by atoms with Crippen LogP contribution in [0.2, 0.25) is 0 Å². The molecule has 0 aliphatic heterocycles. The van der Waals surface area contributed by atoms with E-state index in [-0.39, 0.29) is 6.04 Å². The van der Waals surface area contributed by atoms with Crippen molar-refractivity contribution in [1.29, 1.82) is 0 Å². The van der Waals surface area contributed by atoms with Crippen LogP contribution in [0.1, 0.15) is 38.8 Å². The van der Waals surface area contributed by atoms with E-state index in [9.17, 15) is 0 Å². The molecule has 1 atom stereocenters. The lowest BCUT2D eigenvalue weighted by Gasteiger charge is -2.15. The summed E-state index contributed by atoms with van der Waals surface area (Å²) in [5.41, 5.74) is 4.00. The van der Waals surface area contributed by atoms with Crippen LogP contribution in [0, 0.1) is 5.92 Å². The quantitative estimate of drug-likeness (QED) is 0.553. The first kappa shape index (κ1) is 11.2. The molecule has 0 amide bonds. The average Bonchev–Trinajstić information content (AvgIpc) is 2.62. The third-order valence-electron chi connectivity index (χ3n) is 2.29. The zero-order valence-corrected chi connectivity index (χ0v) is 9.20. The molecule has 0 saturated heterocycles. The van der Waals surface area contributed by atoms with Gasteiger partial charge in [0.1, 0.15) is 0 Å². The zero-order chi connectivity index (χ0) is 10.6. The lowest BCUT2D eigenvalue weighted by atomic mass is 10.0. The van der Waals surface area contributed by atoms with Crippen LogP contribution in [0.15, 0.2) is 12.4 Å². The molecule has 1 aromatic rings. The second kappa shape index (κ2) is 5.12. The van der Waals surface area contributed by atoms with Crippen LogP contribution in [0.3, 0.4) is 0 Å². The van der Waals surface area contributed by atoms with E-state index in [1.54, 1.807) is 0 Å². The van der Waals surface area contributed by atoms with Crippen LogP contribution in [0.4, 0.5) is 0 Å². The van der Waals surface area contributed by atoms with Gasteiger partial charge in [-0.2, -0.15) is 5.10 Å². The molecule has 0 aliphatic carbocycles. The Morgan fingerprint density at radius 2 is 2.29 bits per heavy atom. The number of nitrogens with one attached hydrogen (secondary N) is 1. The summed E-state index contributed by atoms with van der Waals surface area (Å²) in [7, 11) is 0. The van der Waals surface area contributed by atoms with Crippen LogP contribution in [0.25, 0.3) is 0 Å². The van der Waals surface area contributed by atoms with Gasteiger partial charge in [-0.05, 0) is 19.3 Å². The molecule has 0 fully saturated rings. The van der Waals surface area contributed by atoms with Crippen molar-refractivity contribution in [3.63, 3.8) is 0 Å². The molecule has 14 heavy (non-hydrogen) atoms. The second-order valence-electron chi connectivity index (χ2n) is 3.98. The van der Waals surface area contributed by atoms with Gasteiger partial charge in [-0.25, -0.2) is 0 Å². The van der Waals surface area contributed by atoms with Crippen LogP contribution < -0.4 is 11.3 Å². The smallest absolute Gasteiger partial charge is 0.0538 e. The molecular weight excluding hydrogens is 176 g/mol. The monoisotopic (exact) mass is 196 g/mol. The summed E-state index contributed by atoms with van der Waals surface area (Å²) in [6.45, 7) is 7.35. The molecule has 0 aromatic carbocycles. The van der Waals surface area contributed by atoms with Gasteiger partial charge in [0.15, 0.2) is 0 Å². The first-order valence-electron chi connectivity index (χ1n) is 5.15. The first-order valence-corrected chi connectivity index (χ1v) is 5.15. The molecule has 80 valence electrons. The summed E-state index contributed by atoms with van der Waals surface area (Å²) in [5, 5.41) is 4.23. The van der Waals surface area contributed by atoms with Crippen molar-refractivity contribution in [1.82, 2.24) is 15.2 Å². The van der Waals surface area contributed by atoms with Crippen molar-refractivity contribution in [2.75, 3.05) is 0 Å². The van der Waals surface area contributed by atoms with Crippen molar-refractivity contribution in [3.05, 3.63) is 18.0 Å². The number of aromatic nitrogens is 2. The molecule has 0 spiro atoms. The minimum atomic E-state index is 0.218. The maximum absolute atomic E-state index is 5.52. The summed E-state index contributed by atoms with van der Waals surface area (Å²) < 4.78 is 1.92. The maximum Gasteiger partial charge on any atom is 0.0538 e. The molecule has 0 radical (unpaired) electrons. The Labute approximate surface area is 85.5 Å². The van der Waals surface area contributed by atoms with Crippen LogP contribution >= 0.6 is 0 Å². The summed E-state index contributed by atoms with van der Waals surface area (Å²) >= 11 is 0. The van der Waals surface area contributed by atoms with Crippen LogP contribution in [0.5, 0.6) is 0 Å². The Hall–Kier alpha value is -0.870. The number of aryl methyl sites for hydroxylation is 1. The van der Waals surface area contributed by atoms with Crippen LogP contribution in [-0.4, -0.2) is 9.78 Å². The largest absolute Gasteiger partial charge is 0.273 e. The van der Waals surface area contributed by atoms with E-state index in [4.69, 9.17) is 5.84 Å². The van der Waals surface area contributed by atoms with Gasteiger partial charge in [-0.15, -0.1) is 0 Å². The van der Waals surface area contributed by atoms with E-state index < -0.39 is 0 Å². The predicted molar refractivity (Wildman–Crippen MR) is 57.4 cm³/mol. The van der Waals surface area contributed by atoms with Gasteiger partial charge in [0, 0.05) is 24.3 Å². The number of nitrogens with zero attached hydrogens (tertiary/aromatic N) is 2. The summed E-state index contributed by atoms with van der Waals surface area (Å²) in [5.74, 6) is 6.14. The molecule has 1 unspecified atom stereocenters. The lowest BCUT2D eigenvalue weighted by molar-refractivity contribution is 0.437. The highest BCUT2D eigenvalue weighted by Crippen LogP contribution is 2.19. The molecule has 4 nitrogen and oxygen atoms in total. The van der Waals surface area contributed by atoms with Crippen molar-refractivity contribution in [2.45, 2.75) is 39.8 Å². The summed E-state index contributed by atoms with van der Waals surface area (Å²) in [6.07, 6.45) is 4.97. The Balaban J connectivity index is 2.68. The third-order valence-corrected chi connectivity index (χ3v) is 2.29. The van der Waals surface area contributed by atoms with Gasteiger partial charge < -0.3 is 0 Å². The van der Waals surface area contributed by atoms with Gasteiger partial charge in [0.05, 0.1) is 6.20 Å². The fourth-order valence-corrected chi connectivity index (χ4v) is 1.50. The van der Waals surface area contributed by atoms with E-state index in [1.807, 2.05) is 17.1 Å². The highest BCUT2D eigenvalue weighted by Gasteiger charge is 2.13. The number of hydrogen-bond acceptors (Lipinski definition) is 3. The highest BCUT2D eigenvalue weighted by atomic mass is 15.3. The van der Waals surface area contributed by atoms with E-state index in [0.29, 0.717) is 5.92 Å². The Morgan fingerprint density at radius 1 is 1.57 bits per heavy atom. The second-order valence-corrected chi connectivity index (χ2v) is 3.98. The van der Waals surface area contributed by atoms with Crippen molar-refractivity contribution < 1.29 is 0 Å². The fraction of sp³-hybridized carbons (Fsp3) is 0.700. The number of nitrogens with two attached hydrogens (primary N) is 1. The Bertz CT molecular complexity index is 267. The van der Waals surface area contributed by atoms with E-state index in [0.717, 1.165) is 13.0 Å². The number of rotatable bonds is 5. The highest BCUT2D eigenvalue weighted by molar-refractivity contribution is 5.10. The molecule has 1 rings (SSSR count). The molecule has 4 heteroatoms. The standard InChI is InChI=1S/C10H20N4/c1-4-14-7-9(6-12-14)10(13-11)5-8(2)3/h6-8,10,13H,4-5,11H2,1-3H3. The Kier molecular flexibility index (Phi) is 4.10. The Morgan fingerprint density at radius 3 is 2.71 bits per heavy atom. The predicted octanol–water partition coefficient (Wildman–Crippen LogP) is 1.45. The molecule has 1 heterocycles. The normalized spacial score (nSPS) is 13.5. The fourth-order valence-electron chi connectivity index (χ4n) is 1.50. The molecular formula is C10H20N4. The summed E-state index contributed by atoms with van der Waals surface area (Å²) in [4.78, 5) is 0. The van der Waals surface area contributed by atoms with Gasteiger partial charge in [-0.3, -0.25) is 16.0 Å². The first-order chi connectivity index (χ1) is 6.67. The molecule has 0 aliphatic rings. The van der Waals surface area contributed by atoms with Gasteiger partial charge >= 0.3 is 0 Å². The van der Waals surface area contributed by atoms with Gasteiger partial charge in [-0.1, -0.05) is 13.8 Å². The van der Waals surface area contributed by atoms with Gasteiger partial charge in [0.25, 0.3) is 0 Å². The lowest BCUT2D eigenvalue weighted by Crippen LogP contribution is -2.28. The number of hydrogen-bond donors (Lipinski definition) is 2. The van der Waals surface area contributed by atoms with Crippen molar-refractivity contribution in [2.24, 2.45) is 11.8 Å². The van der Waals surface area contributed by atoms with Crippen molar-refractivity contribution >= 4 is 0 Å². The third kappa shape index (κ3) is 2.82. The number of hydrazine groups is 1. The van der Waals surface area contributed by atoms with E-state index in [2.05, 4.69) is 31.3 Å². The average molecular weight is 196 g/mol. The molecule has 0 saturated carbocycles. The topological polar surface area (TPSA) is 55.9 Å². The van der Waals surface area contributed by atoms with Crippen LogP contribution in [-0.2, 0) is 6.54 Å². The minimum Gasteiger partial charge on any atom is -0.273 e. The SMILES string of the molecule is CCn1cc(C(CC(C)C)NN)cn1.